The van der Waals surface area contributed by atoms with Gasteiger partial charge in [-0.05, 0) is 34.6 Å². The van der Waals surface area contributed by atoms with Gasteiger partial charge in [0.25, 0.3) is 0 Å². The molecule has 0 radical (unpaired) electrons. The van der Waals surface area contributed by atoms with Crippen molar-refractivity contribution in [1.82, 2.24) is 0 Å². The topological polar surface area (TPSA) is 58.9 Å². The summed E-state index contributed by atoms with van der Waals surface area (Å²) in [5.41, 5.74) is 0. The highest BCUT2D eigenvalue weighted by Gasteiger charge is 1.95. The Kier molecular flexibility index (Phi) is 12.7. The van der Waals surface area contributed by atoms with E-state index < -0.39 is 6.29 Å². The van der Waals surface area contributed by atoms with E-state index in [2.05, 4.69) is 0 Å². The van der Waals surface area contributed by atoms with Crippen LogP contribution in [0.15, 0.2) is 0 Å². The molecule has 0 saturated heterocycles. The Bertz CT molecular complexity index is 96.3. The van der Waals surface area contributed by atoms with E-state index in [0.717, 1.165) is 0 Å². The number of aliphatic hydroxyl groups excluding tert-OH is 2. The summed E-state index contributed by atoms with van der Waals surface area (Å²) in [4.78, 5) is 0. The van der Waals surface area contributed by atoms with Crippen LogP contribution in [0.2, 0.25) is 0 Å². The molecule has 0 aliphatic rings. The van der Waals surface area contributed by atoms with Gasteiger partial charge in [0.15, 0.2) is 6.29 Å². The molecule has 0 aliphatic carbocycles. The molecule has 0 saturated carbocycles. The quantitative estimate of drug-likeness (QED) is 0.665. The van der Waals surface area contributed by atoms with Gasteiger partial charge in [-0.15, -0.1) is 0 Å². The third-order valence-electron chi connectivity index (χ3n) is 1.01. The monoisotopic (exact) mass is 208 g/mol. The molecule has 1 unspecified atom stereocenters. The van der Waals surface area contributed by atoms with Gasteiger partial charge in [0.1, 0.15) is 0 Å². The summed E-state index contributed by atoms with van der Waals surface area (Å²) in [6.45, 7) is 9.82. The second kappa shape index (κ2) is 10.9. The summed E-state index contributed by atoms with van der Waals surface area (Å²) in [6.07, 6.45) is -0.257. The lowest BCUT2D eigenvalue weighted by Gasteiger charge is -2.08. The van der Waals surface area contributed by atoms with E-state index in [4.69, 9.17) is 19.7 Å². The smallest absolute Gasteiger partial charge is 0.152 e. The van der Waals surface area contributed by atoms with Crippen molar-refractivity contribution in [3.8, 4) is 0 Å². The molecule has 1 atom stereocenters. The van der Waals surface area contributed by atoms with Crippen molar-refractivity contribution in [3.05, 3.63) is 0 Å². The predicted molar refractivity (Wildman–Crippen MR) is 56.1 cm³/mol. The second-order valence-corrected chi connectivity index (χ2v) is 3.43. The minimum atomic E-state index is -0.625. The van der Waals surface area contributed by atoms with Gasteiger partial charge in [0.05, 0.1) is 25.4 Å². The van der Waals surface area contributed by atoms with Crippen LogP contribution in [0.4, 0.5) is 0 Å². The van der Waals surface area contributed by atoms with E-state index in [1.807, 2.05) is 27.7 Å². The lowest BCUT2D eigenvalue weighted by atomic mass is 10.5. The molecule has 0 bridgehead atoms. The SMILES string of the molecule is CC(C)OC(C)O.CC(C)OCCO. The van der Waals surface area contributed by atoms with Crippen molar-refractivity contribution >= 4 is 0 Å². The van der Waals surface area contributed by atoms with Gasteiger partial charge in [-0.2, -0.15) is 0 Å². The van der Waals surface area contributed by atoms with Crippen LogP contribution in [-0.2, 0) is 9.47 Å². The van der Waals surface area contributed by atoms with Crippen molar-refractivity contribution < 1.29 is 19.7 Å². The number of rotatable bonds is 5. The predicted octanol–water partition coefficient (Wildman–Crippen LogP) is 1.15. The van der Waals surface area contributed by atoms with E-state index in [9.17, 15) is 0 Å². The average Bonchev–Trinajstić information content (AvgIpc) is 1.99. The third kappa shape index (κ3) is 22.6. The first-order chi connectivity index (χ1) is 6.40. The molecule has 0 rings (SSSR count). The lowest BCUT2D eigenvalue weighted by molar-refractivity contribution is -0.112. The largest absolute Gasteiger partial charge is 0.394 e. The van der Waals surface area contributed by atoms with Gasteiger partial charge in [0.2, 0.25) is 0 Å². The van der Waals surface area contributed by atoms with Crippen LogP contribution in [-0.4, -0.2) is 41.9 Å². The molecule has 88 valence electrons. The van der Waals surface area contributed by atoms with E-state index in [0.29, 0.717) is 6.61 Å². The summed E-state index contributed by atoms with van der Waals surface area (Å²) in [6, 6.07) is 0. The molecule has 0 amide bonds. The Hall–Kier alpha value is -0.160. The van der Waals surface area contributed by atoms with E-state index in [-0.39, 0.29) is 18.8 Å². The van der Waals surface area contributed by atoms with Crippen LogP contribution < -0.4 is 0 Å². The molecule has 0 aliphatic heterocycles. The highest BCUT2D eigenvalue weighted by molar-refractivity contribution is 4.34. The molecule has 0 heterocycles. The van der Waals surface area contributed by atoms with Gasteiger partial charge in [-0.25, -0.2) is 0 Å². The zero-order chi connectivity index (χ0) is 11.6. The Balaban J connectivity index is 0. The van der Waals surface area contributed by atoms with Crippen LogP contribution in [0.5, 0.6) is 0 Å². The van der Waals surface area contributed by atoms with E-state index >= 15 is 0 Å². The first kappa shape index (κ1) is 16.3. The van der Waals surface area contributed by atoms with Crippen molar-refractivity contribution in [2.45, 2.75) is 53.1 Å². The molecular weight excluding hydrogens is 184 g/mol. The maximum Gasteiger partial charge on any atom is 0.152 e. The van der Waals surface area contributed by atoms with E-state index in [1.54, 1.807) is 6.92 Å². The second-order valence-electron chi connectivity index (χ2n) is 3.43. The summed E-state index contributed by atoms with van der Waals surface area (Å²) in [5.74, 6) is 0. The van der Waals surface area contributed by atoms with Crippen LogP contribution >= 0.6 is 0 Å². The lowest BCUT2D eigenvalue weighted by Crippen LogP contribution is -2.12. The fourth-order valence-corrected chi connectivity index (χ4v) is 0.682. The van der Waals surface area contributed by atoms with Crippen molar-refractivity contribution in [1.29, 1.82) is 0 Å². The standard InChI is InChI=1S/2C5H12O2/c1-5(2)7-4-3-6;1-4(2)7-5(3)6/h5-6H,3-4H2,1-2H3;4-6H,1-3H3. The molecule has 4 nitrogen and oxygen atoms in total. The summed E-state index contributed by atoms with van der Waals surface area (Å²) in [5, 5.41) is 16.7. The summed E-state index contributed by atoms with van der Waals surface area (Å²) < 4.78 is 9.75. The van der Waals surface area contributed by atoms with Crippen LogP contribution in [0, 0.1) is 0 Å². The Morgan fingerprint density at radius 1 is 1.00 bits per heavy atom. The van der Waals surface area contributed by atoms with Crippen LogP contribution in [0.1, 0.15) is 34.6 Å². The molecule has 0 spiro atoms. The van der Waals surface area contributed by atoms with E-state index in [1.165, 1.54) is 0 Å². The van der Waals surface area contributed by atoms with Gasteiger partial charge in [0, 0.05) is 0 Å². The first-order valence-electron chi connectivity index (χ1n) is 4.96. The van der Waals surface area contributed by atoms with Gasteiger partial charge in [-0.1, -0.05) is 0 Å². The maximum absolute atomic E-state index is 8.50. The van der Waals surface area contributed by atoms with Gasteiger partial charge >= 0.3 is 0 Å². The average molecular weight is 208 g/mol. The molecule has 0 aromatic heterocycles. The molecule has 0 aromatic rings. The molecule has 0 aromatic carbocycles. The van der Waals surface area contributed by atoms with Crippen LogP contribution in [0.25, 0.3) is 0 Å². The Morgan fingerprint density at radius 3 is 1.57 bits per heavy atom. The molecule has 0 fully saturated rings. The molecule has 4 heteroatoms. The minimum absolute atomic E-state index is 0.123. The molecule has 14 heavy (non-hydrogen) atoms. The zero-order valence-electron chi connectivity index (χ0n) is 9.86. The van der Waals surface area contributed by atoms with Gasteiger partial charge in [-0.3, -0.25) is 0 Å². The molecular formula is C10H24O4. The number of hydrogen-bond acceptors (Lipinski definition) is 4. The maximum atomic E-state index is 8.50. The van der Waals surface area contributed by atoms with Crippen molar-refractivity contribution in [3.63, 3.8) is 0 Å². The third-order valence-corrected chi connectivity index (χ3v) is 1.01. The Morgan fingerprint density at radius 2 is 1.50 bits per heavy atom. The highest BCUT2D eigenvalue weighted by atomic mass is 16.6. The van der Waals surface area contributed by atoms with Crippen molar-refractivity contribution in [2.24, 2.45) is 0 Å². The fraction of sp³-hybridized carbons (Fsp3) is 1.00. The summed E-state index contributed by atoms with van der Waals surface area (Å²) >= 11 is 0. The Labute approximate surface area is 86.8 Å². The number of aliphatic hydroxyl groups is 2. The minimum Gasteiger partial charge on any atom is -0.394 e. The normalized spacial score (nSPS) is 12.6. The summed E-state index contributed by atoms with van der Waals surface area (Å²) in [7, 11) is 0. The van der Waals surface area contributed by atoms with Crippen molar-refractivity contribution in [2.75, 3.05) is 13.2 Å². The van der Waals surface area contributed by atoms with Gasteiger partial charge < -0.3 is 19.7 Å². The zero-order valence-corrected chi connectivity index (χ0v) is 9.86. The fourth-order valence-electron chi connectivity index (χ4n) is 0.682. The number of ether oxygens (including phenoxy) is 2. The van der Waals surface area contributed by atoms with Crippen LogP contribution in [0.3, 0.4) is 0 Å². The highest BCUT2D eigenvalue weighted by Crippen LogP contribution is 1.90. The number of hydrogen-bond donors (Lipinski definition) is 2. The first-order valence-corrected chi connectivity index (χ1v) is 4.96. The molecule has 2 N–H and O–H groups in total.